The Morgan fingerprint density at radius 1 is 1.08 bits per heavy atom. The minimum atomic E-state index is -0.481. The molecule has 0 spiro atoms. The first-order valence-corrected chi connectivity index (χ1v) is 7.42. The van der Waals surface area contributed by atoms with Gasteiger partial charge < -0.3 is 19.3 Å². The molecule has 0 heterocycles. The minimum Gasteiger partial charge on any atom is -0.504 e. The molecule has 0 aromatic heterocycles. The lowest BCUT2D eigenvalue weighted by atomic mass is 10.1. The minimum absolute atomic E-state index is 0.00390. The highest BCUT2D eigenvalue weighted by atomic mass is 16.6. The molecule has 0 saturated carbocycles. The molecular weight excluding hydrogens is 324 g/mol. The van der Waals surface area contributed by atoms with Crippen LogP contribution in [0, 0.1) is 0 Å². The highest BCUT2D eigenvalue weighted by molar-refractivity contribution is 6.06. The van der Waals surface area contributed by atoms with E-state index < -0.39 is 5.97 Å². The highest BCUT2D eigenvalue weighted by Gasteiger charge is 2.05. The number of phenols is 1. The van der Waals surface area contributed by atoms with Crippen molar-refractivity contribution in [2.45, 2.75) is 0 Å². The fraction of sp³-hybridized carbons (Fsp3) is 0.158. The Bertz CT molecular complexity index is 777. The largest absolute Gasteiger partial charge is 0.504 e. The summed E-state index contributed by atoms with van der Waals surface area (Å²) < 4.78 is 14.7. The van der Waals surface area contributed by atoms with Crippen LogP contribution in [0.1, 0.15) is 15.9 Å². The van der Waals surface area contributed by atoms with E-state index in [0.717, 1.165) is 0 Å². The van der Waals surface area contributed by atoms with Crippen LogP contribution in [-0.2, 0) is 9.53 Å². The summed E-state index contributed by atoms with van der Waals surface area (Å²) in [7, 11) is 2.75. The Morgan fingerprint density at radius 2 is 1.80 bits per heavy atom. The van der Waals surface area contributed by atoms with Gasteiger partial charge in [-0.15, -0.1) is 0 Å². The normalized spacial score (nSPS) is 10.5. The molecule has 0 unspecified atom stereocenters. The predicted molar refractivity (Wildman–Crippen MR) is 92.0 cm³/mol. The van der Waals surface area contributed by atoms with Crippen LogP contribution in [0.2, 0.25) is 0 Å². The summed E-state index contributed by atoms with van der Waals surface area (Å²) in [6.45, 7) is -0.190. The van der Waals surface area contributed by atoms with Gasteiger partial charge in [0.05, 0.1) is 14.2 Å². The number of benzene rings is 2. The number of hydrogen-bond donors (Lipinski definition) is 1. The molecule has 2 aromatic rings. The topological polar surface area (TPSA) is 82.1 Å². The van der Waals surface area contributed by atoms with Crippen LogP contribution in [0.5, 0.6) is 17.2 Å². The Morgan fingerprint density at radius 3 is 2.40 bits per heavy atom. The van der Waals surface area contributed by atoms with E-state index in [1.807, 2.05) is 0 Å². The van der Waals surface area contributed by atoms with Crippen molar-refractivity contribution in [2.75, 3.05) is 20.8 Å². The number of rotatable bonds is 7. The maximum Gasteiger partial charge on any atom is 0.343 e. The second-order valence-corrected chi connectivity index (χ2v) is 5.02. The van der Waals surface area contributed by atoms with E-state index in [1.165, 1.54) is 26.4 Å². The molecule has 0 aliphatic heterocycles. The molecule has 6 nitrogen and oxygen atoms in total. The van der Waals surface area contributed by atoms with E-state index in [-0.39, 0.29) is 18.1 Å². The monoisotopic (exact) mass is 342 g/mol. The van der Waals surface area contributed by atoms with Gasteiger partial charge >= 0.3 is 5.97 Å². The molecule has 0 radical (unpaired) electrons. The number of methoxy groups -OCH3 is 2. The second-order valence-electron chi connectivity index (χ2n) is 5.02. The lowest BCUT2D eigenvalue weighted by molar-refractivity contribution is -0.142. The molecule has 0 bridgehead atoms. The molecular formula is C19H18O6. The van der Waals surface area contributed by atoms with Crippen molar-refractivity contribution in [3.8, 4) is 17.2 Å². The molecule has 130 valence electrons. The molecule has 2 rings (SSSR count). The third-order valence-electron chi connectivity index (χ3n) is 3.35. The Balaban J connectivity index is 2.00. The van der Waals surface area contributed by atoms with Crippen LogP contribution in [0.15, 0.2) is 48.5 Å². The maximum absolute atomic E-state index is 12.2. The van der Waals surface area contributed by atoms with E-state index >= 15 is 0 Å². The first kappa shape index (κ1) is 18.1. The van der Waals surface area contributed by atoms with E-state index in [9.17, 15) is 14.7 Å². The van der Waals surface area contributed by atoms with E-state index in [2.05, 4.69) is 4.74 Å². The fourth-order valence-electron chi connectivity index (χ4n) is 2.00. The van der Waals surface area contributed by atoms with Gasteiger partial charge in [0.25, 0.3) is 0 Å². The van der Waals surface area contributed by atoms with Crippen LogP contribution in [0.25, 0.3) is 6.08 Å². The molecule has 2 aromatic carbocycles. The average Bonchev–Trinajstić information content (AvgIpc) is 2.64. The first-order chi connectivity index (χ1) is 12.0. The van der Waals surface area contributed by atoms with Crippen LogP contribution < -0.4 is 9.47 Å². The van der Waals surface area contributed by atoms with Crippen molar-refractivity contribution in [1.29, 1.82) is 0 Å². The van der Waals surface area contributed by atoms with Crippen molar-refractivity contribution in [2.24, 2.45) is 0 Å². The predicted octanol–water partition coefficient (Wildman–Crippen LogP) is 2.85. The highest BCUT2D eigenvalue weighted by Crippen LogP contribution is 2.26. The molecule has 25 heavy (non-hydrogen) atoms. The summed E-state index contributed by atoms with van der Waals surface area (Å²) >= 11 is 0. The lowest BCUT2D eigenvalue weighted by Crippen LogP contribution is -2.12. The number of aromatic hydroxyl groups is 1. The Kier molecular flexibility index (Phi) is 6.17. The third kappa shape index (κ3) is 5.10. The lowest BCUT2D eigenvalue weighted by Gasteiger charge is -2.05. The summed E-state index contributed by atoms with van der Waals surface area (Å²) in [5.41, 5.74) is 1.14. The molecule has 0 fully saturated rings. The number of esters is 1. The van der Waals surface area contributed by atoms with Crippen molar-refractivity contribution in [3.05, 3.63) is 59.7 Å². The van der Waals surface area contributed by atoms with E-state index in [4.69, 9.17) is 9.47 Å². The number of ketones is 1. The van der Waals surface area contributed by atoms with Crippen LogP contribution >= 0.6 is 0 Å². The summed E-state index contributed by atoms with van der Waals surface area (Å²) in [6, 6.07) is 11.3. The van der Waals surface area contributed by atoms with Gasteiger partial charge in [0, 0.05) is 5.56 Å². The van der Waals surface area contributed by atoms with Crippen LogP contribution in [-0.4, -0.2) is 37.7 Å². The van der Waals surface area contributed by atoms with Gasteiger partial charge in [0.2, 0.25) is 0 Å². The quantitative estimate of drug-likeness (QED) is 0.473. The number of hydrogen-bond acceptors (Lipinski definition) is 6. The van der Waals surface area contributed by atoms with E-state index in [1.54, 1.807) is 42.5 Å². The van der Waals surface area contributed by atoms with Gasteiger partial charge in [0.1, 0.15) is 5.75 Å². The van der Waals surface area contributed by atoms with Crippen LogP contribution in [0.3, 0.4) is 0 Å². The standard InChI is InChI=1S/C19H18O6/c1-23-18-10-4-13(11-17(18)21)3-9-16(20)14-5-7-15(8-6-14)25-12-19(22)24-2/h3-11,21H,12H2,1-2H3. The second kappa shape index (κ2) is 8.54. The Labute approximate surface area is 145 Å². The summed E-state index contributed by atoms with van der Waals surface area (Å²) in [5.74, 6) is 0.155. The van der Waals surface area contributed by atoms with Crippen LogP contribution in [0.4, 0.5) is 0 Å². The number of allylic oxidation sites excluding steroid dienone is 1. The number of ether oxygens (including phenoxy) is 3. The van der Waals surface area contributed by atoms with Gasteiger partial charge in [-0.2, -0.15) is 0 Å². The number of carbonyl (C=O) groups is 2. The van der Waals surface area contributed by atoms with E-state index in [0.29, 0.717) is 22.6 Å². The van der Waals surface area contributed by atoms with Crippen molar-refractivity contribution < 1.29 is 28.9 Å². The molecule has 0 aliphatic carbocycles. The summed E-state index contributed by atoms with van der Waals surface area (Å²) in [5, 5.41) is 9.72. The maximum atomic E-state index is 12.2. The molecule has 1 N–H and O–H groups in total. The zero-order valence-corrected chi connectivity index (χ0v) is 13.9. The summed E-state index contributed by atoms with van der Waals surface area (Å²) in [4.78, 5) is 23.2. The van der Waals surface area contributed by atoms with Gasteiger partial charge in [-0.1, -0.05) is 12.1 Å². The molecule has 6 heteroatoms. The van der Waals surface area contributed by atoms with Gasteiger partial charge in [-0.25, -0.2) is 4.79 Å². The fourth-order valence-corrected chi connectivity index (χ4v) is 2.00. The molecule has 0 aliphatic rings. The van der Waals surface area contributed by atoms with Gasteiger partial charge in [-0.3, -0.25) is 4.79 Å². The van der Waals surface area contributed by atoms with Crippen molar-refractivity contribution in [3.63, 3.8) is 0 Å². The number of carbonyl (C=O) groups excluding carboxylic acids is 2. The Hall–Kier alpha value is -3.28. The van der Waals surface area contributed by atoms with Crippen molar-refractivity contribution in [1.82, 2.24) is 0 Å². The zero-order valence-electron chi connectivity index (χ0n) is 13.9. The molecule has 0 amide bonds. The first-order valence-electron chi connectivity index (χ1n) is 7.42. The van der Waals surface area contributed by atoms with Crippen molar-refractivity contribution >= 4 is 17.8 Å². The molecule has 0 saturated heterocycles. The molecule has 0 atom stereocenters. The van der Waals surface area contributed by atoms with Gasteiger partial charge in [0.15, 0.2) is 23.9 Å². The average molecular weight is 342 g/mol. The SMILES string of the molecule is COC(=O)COc1ccc(C(=O)C=Cc2ccc(OC)c(O)c2)cc1. The third-order valence-corrected chi connectivity index (χ3v) is 3.35. The van der Waals surface area contributed by atoms with Gasteiger partial charge in [-0.05, 0) is 48.0 Å². The smallest absolute Gasteiger partial charge is 0.343 e. The zero-order chi connectivity index (χ0) is 18.2. The number of phenolic OH excluding ortho intramolecular Hbond substituents is 1. The summed E-state index contributed by atoms with van der Waals surface area (Å²) in [6.07, 6.45) is 3.01.